The first-order valence-electron chi connectivity index (χ1n) is 10.5. The van der Waals surface area contributed by atoms with E-state index in [0.29, 0.717) is 29.4 Å². The third-order valence-electron chi connectivity index (χ3n) is 5.04. The van der Waals surface area contributed by atoms with Crippen LogP contribution in [0.5, 0.6) is 11.6 Å². The van der Waals surface area contributed by atoms with Gasteiger partial charge in [0.05, 0.1) is 0 Å². The summed E-state index contributed by atoms with van der Waals surface area (Å²) >= 11 is 5.45. The van der Waals surface area contributed by atoms with Crippen LogP contribution in [0.15, 0.2) is 60.9 Å². The van der Waals surface area contributed by atoms with Gasteiger partial charge in [-0.25, -0.2) is 0 Å². The number of nitrogens with one attached hydrogen (secondary N) is 2. The molecule has 0 saturated carbocycles. The van der Waals surface area contributed by atoms with E-state index < -0.39 is 0 Å². The molecule has 1 fully saturated rings. The zero-order chi connectivity index (χ0) is 21.5. The summed E-state index contributed by atoms with van der Waals surface area (Å²) in [5.74, 6) is 3.07. The van der Waals surface area contributed by atoms with Gasteiger partial charge in [0, 0.05) is 38.1 Å². The number of para-hydroxylation sites is 1. The van der Waals surface area contributed by atoms with Crippen LogP contribution < -0.4 is 20.3 Å². The van der Waals surface area contributed by atoms with E-state index >= 15 is 0 Å². The Labute approximate surface area is 187 Å². The fourth-order valence-electron chi connectivity index (χ4n) is 3.52. The molecular weight excluding hydrogens is 408 g/mol. The van der Waals surface area contributed by atoms with Crippen molar-refractivity contribution in [1.29, 1.82) is 0 Å². The third kappa shape index (κ3) is 6.11. The minimum Gasteiger partial charge on any atom is -0.439 e. The molecule has 7 nitrogen and oxygen atoms in total. The molecule has 3 aromatic rings. The summed E-state index contributed by atoms with van der Waals surface area (Å²) in [5, 5.41) is 6.71. The highest BCUT2D eigenvalue weighted by Gasteiger charge is 2.20. The van der Waals surface area contributed by atoms with Gasteiger partial charge in [-0.1, -0.05) is 31.2 Å². The largest absolute Gasteiger partial charge is 0.439 e. The lowest BCUT2D eigenvalue weighted by Crippen LogP contribution is -2.35. The lowest BCUT2D eigenvalue weighted by atomic mass is 10.0. The average molecular weight is 435 g/mol. The molecule has 1 aliphatic heterocycles. The van der Waals surface area contributed by atoms with E-state index in [9.17, 15) is 0 Å². The predicted octanol–water partition coefficient (Wildman–Crippen LogP) is 4.39. The van der Waals surface area contributed by atoms with Crippen molar-refractivity contribution < 1.29 is 4.74 Å². The van der Waals surface area contributed by atoms with Crippen LogP contribution in [0, 0.1) is 5.92 Å². The summed E-state index contributed by atoms with van der Waals surface area (Å²) in [5.41, 5.74) is 1.04. The maximum atomic E-state index is 6.00. The summed E-state index contributed by atoms with van der Waals surface area (Å²) in [6.07, 6.45) is 5.93. The van der Waals surface area contributed by atoms with Crippen molar-refractivity contribution in [1.82, 2.24) is 20.3 Å². The second-order valence-corrected chi connectivity index (χ2v) is 8.07. The Hall–Kier alpha value is -3.26. The van der Waals surface area contributed by atoms with Gasteiger partial charge in [0.15, 0.2) is 5.11 Å². The van der Waals surface area contributed by atoms with Crippen molar-refractivity contribution in [3.05, 3.63) is 66.5 Å². The van der Waals surface area contributed by atoms with Crippen LogP contribution in [0.4, 0.5) is 11.8 Å². The molecule has 8 heteroatoms. The molecule has 0 bridgehead atoms. The molecule has 0 spiro atoms. The number of hydrogen-bond donors (Lipinski definition) is 2. The fourth-order valence-corrected chi connectivity index (χ4v) is 3.68. The molecule has 0 unspecified atom stereocenters. The van der Waals surface area contributed by atoms with Gasteiger partial charge in [-0.3, -0.25) is 4.98 Å². The molecule has 1 atom stereocenters. The smallest absolute Gasteiger partial charge is 0.234 e. The average Bonchev–Trinajstić information content (AvgIpc) is 2.79. The molecule has 1 saturated heterocycles. The molecule has 3 heterocycles. The Kier molecular flexibility index (Phi) is 6.89. The molecule has 31 heavy (non-hydrogen) atoms. The Bertz CT molecular complexity index is 1000. The molecule has 0 radical (unpaired) electrons. The normalized spacial score (nSPS) is 15.9. The van der Waals surface area contributed by atoms with Gasteiger partial charge < -0.3 is 20.3 Å². The van der Waals surface area contributed by atoms with E-state index in [-0.39, 0.29) is 0 Å². The highest BCUT2D eigenvalue weighted by molar-refractivity contribution is 7.80. The van der Waals surface area contributed by atoms with E-state index in [4.69, 9.17) is 21.9 Å². The second kappa shape index (κ2) is 10.2. The first kappa shape index (κ1) is 21.0. The van der Waals surface area contributed by atoms with Crippen molar-refractivity contribution >= 4 is 29.1 Å². The summed E-state index contributed by atoms with van der Waals surface area (Å²) in [7, 11) is 0. The highest BCUT2D eigenvalue weighted by atomic mass is 32.1. The lowest BCUT2D eigenvalue weighted by Gasteiger charge is -2.32. The van der Waals surface area contributed by atoms with Gasteiger partial charge in [0.1, 0.15) is 11.6 Å². The standard InChI is InChI=1S/C23H26N6OS/c1-17-7-6-12-29(16-17)20-13-21(30-19-9-3-2-4-10-19)27-22(26-20)28-23(31)25-15-18-8-5-11-24-14-18/h2-5,8-11,13-14,17H,6-7,12,15-16H2,1H3,(H2,25,26,27,28,31)/t17-/m1/s1. The molecule has 160 valence electrons. The van der Waals surface area contributed by atoms with E-state index in [0.717, 1.165) is 36.6 Å². The van der Waals surface area contributed by atoms with E-state index in [2.05, 4.69) is 32.4 Å². The monoisotopic (exact) mass is 434 g/mol. The first-order valence-corrected chi connectivity index (χ1v) is 10.9. The molecule has 1 aromatic carbocycles. The number of aromatic nitrogens is 3. The van der Waals surface area contributed by atoms with Gasteiger partial charge in [0.2, 0.25) is 11.8 Å². The number of nitrogens with zero attached hydrogens (tertiary/aromatic N) is 4. The number of rotatable bonds is 6. The van der Waals surface area contributed by atoms with Crippen LogP contribution in [0.25, 0.3) is 0 Å². The highest BCUT2D eigenvalue weighted by Crippen LogP contribution is 2.27. The predicted molar refractivity (Wildman–Crippen MR) is 126 cm³/mol. The molecule has 0 amide bonds. The van der Waals surface area contributed by atoms with Gasteiger partial charge >= 0.3 is 0 Å². The van der Waals surface area contributed by atoms with Crippen molar-refractivity contribution in [2.45, 2.75) is 26.3 Å². The van der Waals surface area contributed by atoms with Crippen molar-refractivity contribution in [3.8, 4) is 11.6 Å². The fraction of sp³-hybridized carbons (Fsp3) is 0.304. The molecular formula is C23H26N6OS. The number of hydrogen-bond acceptors (Lipinski definition) is 6. The van der Waals surface area contributed by atoms with E-state index in [1.165, 1.54) is 6.42 Å². The Balaban J connectivity index is 1.51. The first-order chi connectivity index (χ1) is 15.2. The number of ether oxygens (including phenoxy) is 1. The quantitative estimate of drug-likeness (QED) is 0.554. The van der Waals surface area contributed by atoms with Gasteiger partial charge in [-0.15, -0.1) is 0 Å². The molecule has 0 aliphatic carbocycles. The van der Waals surface area contributed by atoms with Crippen molar-refractivity contribution in [2.24, 2.45) is 5.92 Å². The van der Waals surface area contributed by atoms with Crippen LogP contribution in [-0.2, 0) is 6.54 Å². The zero-order valence-electron chi connectivity index (χ0n) is 17.5. The molecule has 4 rings (SSSR count). The van der Waals surface area contributed by atoms with Gasteiger partial charge in [0.25, 0.3) is 0 Å². The molecule has 2 aromatic heterocycles. The van der Waals surface area contributed by atoms with Crippen LogP contribution in [0.2, 0.25) is 0 Å². The van der Waals surface area contributed by atoms with Crippen LogP contribution in [0.1, 0.15) is 25.3 Å². The van der Waals surface area contributed by atoms with Crippen molar-refractivity contribution in [3.63, 3.8) is 0 Å². The van der Waals surface area contributed by atoms with E-state index in [1.807, 2.05) is 48.5 Å². The van der Waals surface area contributed by atoms with Crippen LogP contribution in [0.3, 0.4) is 0 Å². The van der Waals surface area contributed by atoms with Crippen LogP contribution in [-0.4, -0.2) is 33.2 Å². The van der Waals surface area contributed by atoms with E-state index in [1.54, 1.807) is 12.4 Å². The maximum absolute atomic E-state index is 6.00. The summed E-state index contributed by atoms with van der Waals surface area (Å²) in [6, 6.07) is 15.4. The van der Waals surface area contributed by atoms with Gasteiger partial charge in [-0.2, -0.15) is 9.97 Å². The Morgan fingerprint density at radius 1 is 1.19 bits per heavy atom. The second-order valence-electron chi connectivity index (χ2n) is 7.67. The topological polar surface area (TPSA) is 75.2 Å². The third-order valence-corrected chi connectivity index (χ3v) is 5.28. The minimum absolute atomic E-state index is 0.408. The SMILES string of the molecule is C[C@@H]1CCCN(c2cc(Oc3ccccc3)nc(NC(=S)NCc3cccnc3)n2)C1. The van der Waals surface area contributed by atoms with Gasteiger partial charge in [-0.05, 0) is 54.7 Å². The molecule has 2 N–H and O–H groups in total. The van der Waals surface area contributed by atoms with Crippen LogP contribution >= 0.6 is 12.2 Å². The minimum atomic E-state index is 0.408. The number of anilines is 2. The number of thiocarbonyl (C=S) groups is 1. The summed E-state index contributed by atoms with van der Waals surface area (Å²) < 4.78 is 6.00. The van der Waals surface area contributed by atoms with Crippen molar-refractivity contribution in [2.75, 3.05) is 23.3 Å². The Morgan fingerprint density at radius 2 is 2.06 bits per heavy atom. The number of piperidine rings is 1. The summed E-state index contributed by atoms with van der Waals surface area (Å²) in [4.78, 5) is 15.6. The Morgan fingerprint density at radius 3 is 2.84 bits per heavy atom. The summed E-state index contributed by atoms with van der Waals surface area (Å²) in [6.45, 7) is 4.77. The zero-order valence-corrected chi connectivity index (χ0v) is 18.3. The number of benzene rings is 1. The maximum Gasteiger partial charge on any atom is 0.234 e. The molecule has 1 aliphatic rings. The number of pyridine rings is 1. The lowest BCUT2D eigenvalue weighted by molar-refractivity contribution is 0.440.